The molecule has 1 aromatic carbocycles. The van der Waals surface area contributed by atoms with Crippen LogP contribution in [0.1, 0.15) is 19.4 Å². The van der Waals surface area contributed by atoms with Gasteiger partial charge in [-0.2, -0.15) is 0 Å². The Bertz CT molecular complexity index is 397. The van der Waals surface area contributed by atoms with Crippen molar-refractivity contribution in [3.8, 4) is 0 Å². The summed E-state index contributed by atoms with van der Waals surface area (Å²) < 4.78 is 12.8. The second-order valence-corrected chi connectivity index (χ2v) is 5.12. The maximum atomic E-state index is 12.8. The van der Waals surface area contributed by atoms with E-state index in [1.807, 2.05) is 34.0 Å². The lowest BCUT2D eigenvalue weighted by atomic mass is 9.96. The summed E-state index contributed by atoms with van der Waals surface area (Å²) >= 11 is 0. The molecule has 1 aromatic rings. The number of rotatable bonds is 5. The Morgan fingerprint density at radius 3 is 2.39 bits per heavy atom. The van der Waals surface area contributed by atoms with Gasteiger partial charge in [-0.1, -0.05) is 25.1 Å². The maximum Gasteiger partial charge on any atom is 0.123 e. The predicted octanol–water partition coefficient (Wildman–Crippen LogP) is 2.79. The Morgan fingerprint density at radius 2 is 1.89 bits per heavy atom. The summed E-state index contributed by atoms with van der Waals surface area (Å²) in [5.41, 5.74) is 1.81. The summed E-state index contributed by atoms with van der Waals surface area (Å²) in [6.45, 7) is 4.75. The lowest BCUT2D eigenvalue weighted by Crippen LogP contribution is -2.29. The van der Waals surface area contributed by atoms with Crippen LogP contribution >= 0.6 is 0 Å². The van der Waals surface area contributed by atoms with Gasteiger partial charge in [0.05, 0.1) is 6.10 Å². The number of aliphatic hydroxyl groups excluding tert-OH is 1. The Balaban J connectivity index is 2.73. The first-order chi connectivity index (χ1) is 8.40. The summed E-state index contributed by atoms with van der Waals surface area (Å²) in [6.07, 6.45) is 1.42. The summed E-state index contributed by atoms with van der Waals surface area (Å²) in [5, 5.41) is 10.2. The highest BCUT2D eigenvalue weighted by Gasteiger charge is 2.16. The summed E-state index contributed by atoms with van der Waals surface area (Å²) in [5.74, 6) is -0.0805. The normalized spacial score (nSPS) is 15.8. The average molecular weight is 251 g/mol. The predicted molar refractivity (Wildman–Crippen MR) is 73.8 cm³/mol. The van der Waals surface area contributed by atoms with Gasteiger partial charge in [0.1, 0.15) is 5.82 Å². The Kier molecular flexibility index (Phi) is 5.51. The Morgan fingerprint density at radius 1 is 1.33 bits per heavy atom. The van der Waals surface area contributed by atoms with Crippen molar-refractivity contribution < 1.29 is 9.50 Å². The van der Waals surface area contributed by atoms with Gasteiger partial charge in [0.2, 0.25) is 0 Å². The zero-order chi connectivity index (χ0) is 13.7. The molecule has 0 aliphatic heterocycles. The zero-order valence-corrected chi connectivity index (χ0v) is 11.5. The molecule has 2 atom stereocenters. The molecule has 2 unspecified atom stereocenters. The minimum Gasteiger partial charge on any atom is -0.388 e. The first kappa shape index (κ1) is 14.9. The fourth-order valence-electron chi connectivity index (χ4n) is 2.03. The molecule has 18 heavy (non-hydrogen) atoms. The highest BCUT2D eigenvalue weighted by atomic mass is 19.1. The average Bonchev–Trinajstić information content (AvgIpc) is 2.30. The third-order valence-electron chi connectivity index (χ3n) is 2.92. The van der Waals surface area contributed by atoms with Gasteiger partial charge < -0.3 is 10.0 Å². The third kappa shape index (κ3) is 4.59. The van der Waals surface area contributed by atoms with Crippen LogP contribution < -0.4 is 0 Å². The first-order valence-corrected chi connectivity index (χ1v) is 6.16. The van der Waals surface area contributed by atoms with Gasteiger partial charge in [-0.05, 0) is 50.2 Å². The van der Waals surface area contributed by atoms with Gasteiger partial charge in [-0.25, -0.2) is 4.39 Å². The Hall–Kier alpha value is -1.19. The van der Waals surface area contributed by atoms with Crippen molar-refractivity contribution in [1.82, 2.24) is 4.90 Å². The molecule has 0 radical (unpaired) electrons. The van der Waals surface area contributed by atoms with Crippen LogP contribution in [-0.4, -0.2) is 36.8 Å². The lowest BCUT2D eigenvalue weighted by Gasteiger charge is -2.23. The molecular formula is C15H22FNO. The zero-order valence-electron chi connectivity index (χ0n) is 11.5. The van der Waals surface area contributed by atoms with E-state index in [4.69, 9.17) is 0 Å². The minimum atomic E-state index is -0.475. The molecule has 0 bridgehead atoms. The van der Waals surface area contributed by atoms with Crippen molar-refractivity contribution in [2.45, 2.75) is 20.0 Å². The number of benzene rings is 1. The number of hydrogen-bond donors (Lipinski definition) is 1. The molecule has 1 rings (SSSR count). The molecule has 0 fully saturated rings. The maximum absolute atomic E-state index is 12.8. The summed E-state index contributed by atoms with van der Waals surface area (Å²) in [6, 6.07) is 6.27. The van der Waals surface area contributed by atoms with E-state index in [1.165, 1.54) is 12.1 Å². The van der Waals surface area contributed by atoms with Crippen molar-refractivity contribution in [3.63, 3.8) is 0 Å². The van der Waals surface area contributed by atoms with Crippen molar-refractivity contribution in [2.24, 2.45) is 5.92 Å². The highest BCUT2D eigenvalue weighted by molar-refractivity contribution is 5.53. The molecule has 0 aliphatic rings. The molecule has 0 saturated heterocycles. The largest absolute Gasteiger partial charge is 0.388 e. The van der Waals surface area contributed by atoms with Crippen LogP contribution in [0.25, 0.3) is 6.08 Å². The number of halogens is 1. The molecule has 0 spiro atoms. The van der Waals surface area contributed by atoms with E-state index in [9.17, 15) is 9.50 Å². The van der Waals surface area contributed by atoms with Gasteiger partial charge in [0, 0.05) is 6.54 Å². The highest BCUT2D eigenvalue weighted by Crippen LogP contribution is 2.16. The van der Waals surface area contributed by atoms with Gasteiger partial charge in [0.15, 0.2) is 0 Å². The SMILES string of the molecule is CC(=Cc1ccc(F)cc1)C(O)C(C)CN(C)C. The number of nitrogens with zero attached hydrogens (tertiary/aromatic N) is 1. The van der Waals surface area contributed by atoms with E-state index in [0.29, 0.717) is 0 Å². The van der Waals surface area contributed by atoms with Crippen LogP contribution in [-0.2, 0) is 0 Å². The number of hydrogen-bond acceptors (Lipinski definition) is 2. The number of aliphatic hydroxyl groups is 1. The molecule has 3 heteroatoms. The minimum absolute atomic E-state index is 0.164. The van der Waals surface area contributed by atoms with Gasteiger partial charge in [0.25, 0.3) is 0 Å². The second kappa shape index (κ2) is 6.66. The van der Waals surface area contributed by atoms with Gasteiger partial charge in [-0.15, -0.1) is 0 Å². The topological polar surface area (TPSA) is 23.5 Å². The van der Waals surface area contributed by atoms with E-state index >= 15 is 0 Å². The molecule has 0 amide bonds. The molecule has 0 aromatic heterocycles. The van der Waals surface area contributed by atoms with Crippen LogP contribution in [0, 0.1) is 11.7 Å². The molecule has 0 saturated carbocycles. The van der Waals surface area contributed by atoms with Crippen molar-refractivity contribution in [2.75, 3.05) is 20.6 Å². The Labute approximate surface area is 109 Å². The van der Waals surface area contributed by atoms with E-state index in [0.717, 1.165) is 17.7 Å². The third-order valence-corrected chi connectivity index (χ3v) is 2.92. The van der Waals surface area contributed by atoms with E-state index < -0.39 is 6.10 Å². The second-order valence-electron chi connectivity index (χ2n) is 5.12. The van der Waals surface area contributed by atoms with Crippen LogP contribution in [0.15, 0.2) is 29.8 Å². The summed E-state index contributed by atoms with van der Waals surface area (Å²) in [4.78, 5) is 2.05. The molecular weight excluding hydrogens is 229 g/mol. The van der Waals surface area contributed by atoms with Crippen molar-refractivity contribution >= 4 is 6.08 Å². The lowest BCUT2D eigenvalue weighted by molar-refractivity contribution is 0.131. The molecule has 1 N–H and O–H groups in total. The molecule has 100 valence electrons. The molecule has 2 nitrogen and oxygen atoms in total. The van der Waals surface area contributed by atoms with Gasteiger partial charge in [-0.3, -0.25) is 0 Å². The van der Waals surface area contributed by atoms with E-state index in [-0.39, 0.29) is 11.7 Å². The summed E-state index contributed by atoms with van der Waals surface area (Å²) in [7, 11) is 3.98. The standard InChI is InChI=1S/C15H22FNO/c1-11(15(18)12(2)10-17(3)4)9-13-5-7-14(16)8-6-13/h5-9,12,15,18H,10H2,1-4H3. The van der Waals surface area contributed by atoms with E-state index in [1.54, 1.807) is 12.1 Å². The van der Waals surface area contributed by atoms with Crippen LogP contribution in [0.3, 0.4) is 0 Å². The van der Waals surface area contributed by atoms with E-state index in [2.05, 4.69) is 4.90 Å². The quantitative estimate of drug-likeness (QED) is 0.870. The van der Waals surface area contributed by atoms with Crippen LogP contribution in [0.4, 0.5) is 4.39 Å². The molecule has 0 heterocycles. The fourth-order valence-corrected chi connectivity index (χ4v) is 2.03. The smallest absolute Gasteiger partial charge is 0.123 e. The van der Waals surface area contributed by atoms with Crippen LogP contribution in [0.2, 0.25) is 0 Å². The molecule has 0 aliphatic carbocycles. The van der Waals surface area contributed by atoms with Gasteiger partial charge >= 0.3 is 0 Å². The van der Waals surface area contributed by atoms with Crippen molar-refractivity contribution in [3.05, 3.63) is 41.2 Å². The fraction of sp³-hybridized carbons (Fsp3) is 0.467. The van der Waals surface area contributed by atoms with Crippen molar-refractivity contribution in [1.29, 1.82) is 0 Å². The van der Waals surface area contributed by atoms with Crippen LogP contribution in [0.5, 0.6) is 0 Å². The first-order valence-electron chi connectivity index (χ1n) is 6.16. The monoisotopic (exact) mass is 251 g/mol.